The predicted molar refractivity (Wildman–Crippen MR) is 95.3 cm³/mol. The Labute approximate surface area is 147 Å². The maximum absolute atomic E-state index is 12.1. The van der Waals surface area contributed by atoms with Gasteiger partial charge in [-0.1, -0.05) is 23.8 Å². The summed E-state index contributed by atoms with van der Waals surface area (Å²) in [6, 6.07) is 7.96. The molecule has 0 aliphatic rings. The standard InChI is InChI=1S/C20H22N2O3/c1-12-5-6-13(2)16(9-12)11-25-19(23)8-7-17-14(3)18(10-21)20(24)22-15(17)4/h5-6,9H,7-8,11H2,1-4H3,(H,22,24). The Morgan fingerprint density at radius 1 is 1.24 bits per heavy atom. The number of aryl methyl sites for hydroxylation is 3. The van der Waals surface area contributed by atoms with Gasteiger partial charge < -0.3 is 9.72 Å². The number of nitrogens with zero attached hydrogens (tertiary/aromatic N) is 1. The van der Waals surface area contributed by atoms with Gasteiger partial charge in [-0.05, 0) is 56.4 Å². The van der Waals surface area contributed by atoms with E-state index in [1.165, 1.54) is 0 Å². The Bertz CT molecular complexity index is 904. The molecule has 130 valence electrons. The van der Waals surface area contributed by atoms with E-state index in [9.17, 15) is 9.59 Å². The molecule has 0 spiro atoms. The van der Waals surface area contributed by atoms with Gasteiger partial charge in [0, 0.05) is 12.1 Å². The van der Waals surface area contributed by atoms with E-state index in [1.54, 1.807) is 13.8 Å². The molecule has 1 aromatic heterocycles. The highest BCUT2D eigenvalue weighted by atomic mass is 16.5. The van der Waals surface area contributed by atoms with E-state index in [0.29, 0.717) is 17.7 Å². The molecule has 0 amide bonds. The molecule has 2 rings (SSSR count). The zero-order valence-corrected chi connectivity index (χ0v) is 15.0. The minimum atomic E-state index is -0.390. The number of aromatic nitrogens is 1. The van der Waals surface area contributed by atoms with Crippen LogP contribution >= 0.6 is 0 Å². The molecule has 0 unspecified atom stereocenters. The van der Waals surface area contributed by atoms with E-state index < -0.39 is 5.56 Å². The Morgan fingerprint density at radius 2 is 1.96 bits per heavy atom. The fourth-order valence-electron chi connectivity index (χ4n) is 2.83. The van der Waals surface area contributed by atoms with Crippen LogP contribution in [-0.2, 0) is 22.6 Å². The van der Waals surface area contributed by atoms with Crippen LogP contribution in [0.3, 0.4) is 0 Å². The van der Waals surface area contributed by atoms with Crippen LogP contribution < -0.4 is 5.56 Å². The molecule has 0 fully saturated rings. The van der Waals surface area contributed by atoms with Crippen molar-refractivity contribution in [3.8, 4) is 6.07 Å². The number of rotatable bonds is 5. The van der Waals surface area contributed by atoms with Crippen LogP contribution in [-0.4, -0.2) is 11.0 Å². The number of H-pyrrole nitrogens is 1. The van der Waals surface area contributed by atoms with Crippen molar-refractivity contribution in [1.82, 2.24) is 4.98 Å². The Balaban J connectivity index is 2.02. The highest BCUT2D eigenvalue weighted by Crippen LogP contribution is 2.16. The summed E-state index contributed by atoms with van der Waals surface area (Å²) in [5.74, 6) is -0.301. The number of benzene rings is 1. The number of ether oxygens (including phenoxy) is 1. The first kappa shape index (κ1) is 18.5. The third-order valence-electron chi connectivity index (χ3n) is 4.39. The van der Waals surface area contributed by atoms with Gasteiger partial charge in [-0.2, -0.15) is 5.26 Å². The lowest BCUT2D eigenvalue weighted by Gasteiger charge is -2.11. The summed E-state index contributed by atoms with van der Waals surface area (Å²) in [4.78, 5) is 26.5. The second kappa shape index (κ2) is 7.80. The van der Waals surface area contributed by atoms with Gasteiger partial charge in [0.05, 0.1) is 0 Å². The number of carbonyl (C=O) groups excluding carboxylic acids is 1. The number of esters is 1. The maximum Gasteiger partial charge on any atom is 0.306 e. The van der Waals surface area contributed by atoms with Crippen LogP contribution in [0.15, 0.2) is 23.0 Å². The van der Waals surface area contributed by atoms with Crippen LogP contribution in [0.1, 0.15) is 45.5 Å². The minimum Gasteiger partial charge on any atom is -0.461 e. The molecule has 0 saturated heterocycles. The zero-order valence-electron chi connectivity index (χ0n) is 15.0. The third kappa shape index (κ3) is 4.36. The van der Waals surface area contributed by atoms with Crippen LogP contribution in [0.4, 0.5) is 0 Å². The molecule has 1 N–H and O–H groups in total. The molecular weight excluding hydrogens is 316 g/mol. The van der Waals surface area contributed by atoms with Crippen LogP contribution in [0.25, 0.3) is 0 Å². The highest BCUT2D eigenvalue weighted by Gasteiger charge is 2.14. The number of hydrogen-bond acceptors (Lipinski definition) is 4. The van der Waals surface area contributed by atoms with Crippen LogP contribution in [0.2, 0.25) is 0 Å². The number of carbonyl (C=O) groups is 1. The first-order chi connectivity index (χ1) is 11.8. The monoisotopic (exact) mass is 338 g/mol. The SMILES string of the molecule is Cc1ccc(C)c(COC(=O)CCc2c(C)[nH]c(=O)c(C#N)c2C)c1. The van der Waals surface area contributed by atoms with E-state index in [4.69, 9.17) is 10.00 Å². The Morgan fingerprint density at radius 3 is 2.64 bits per heavy atom. The molecular formula is C20H22N2O3. The second-order valence-electron chi connectivity index (χ2n) is 6.26. The molecule has 1 aromatic carbocycles. The summed E-state index contributed by atoms with van der Waals surface area (Å²) < 4.78 is 5.37. The molecule has 25 heavy (non-hydrogen) atoms. The maximum atomic E-state index is 12.1. The zero-order chi connectivity index (χ0) is 18.6. The lowest BCUT2D eigenvalue weighted by molar-refractivity contribution is -0.144. The average molecular weight is 338 g/mol. The number of nitrogens with one attached hydrogen (secondary N) is 1. The van der Waals surface area contributed by atoms with Gasteiger partial charge in [0.1, 0.15) is 18.2 Å². The molecule has 0 bridgehead atoms. The summed E-state index contributed by atoms with van der Waals surface area (Å²) in [6.07, 6.45) is 0.623. The van der Waals surface area contributed by atoms with Gasteiger partial charge in [0.2, 0.25) is 0 Å². The molecule has 0 radical (unpaired) electrons. The van der Waals surface area contributed by atoms with Crippen molar-refractivity contribution < 1.29 is 9.53 Å². The summed E-state index contributed by atoms with van der Waals surface area (Å²) in [5, 5.41) is 9.09. The van der Waals surface area contributed by atoms with Crippen LogP contribution in [0, 0.1) is 39.0 Å². The third-order valence-corrected chi connectivity index (χ3v) is 4.39. The molecule has 2 aromatic rings. The van der Waals surface area contributed by atoms with Gasteiger partial charge in [-0.15, -0.1) is 0 Å². The number of pyridine rings is 1. The Hall–Kier alpha value is -2.87. The first-order valence-corrected chi connectivity index (χ1v) is 8.17. The normalized spacial score (nSPS) is 10.4. The molecule has 0 atom stereocenters. The second-order valence-corrected chi connectivity index (χ2v) is 6.26. The minimum absolute atomic E-state index is 0.101. The fraction of sp³-hybridized carbons (Fsp3) is 0.350. The highest BCUT2D eigenvalue weighted by molar-refractivity contribution is 5.70. The molecule has 0 saturated carbocycles. The number of aromatic amines is 1. The summed E-state index contributed by atoms with van der Waals surface area (Å²) in [5.41, 5.74) is 5.05. The van der Waals surface area contributed by atoms with Crippen molar-refractivity contribution in [1.29, 1.82) is 5.26 Å². The van der Waals surface area contributed by atoms with Gasteiger partial charge in [0.15, 0.2) is 0 Å². The average Bonchev–Trinajstić information content (AvgIpc) is 2.55. The van der Waals surface area contributed by atoms with Crippen molar-refractivity contribution in [2.24, 2.45) is 0 Å². The van der Waals surface area contributed by atoms with Gasteiger partial charge >= 0.3 is 5.97 Å². The number of nitriles is 1. The molecule has 0 aliphatic heterocycles. The van der Waals surface area contributed by atoms with Crippen molar-refractivity contribution in [2.45, 2.75) is 47.1 Å². The topological polar surface area (TPSA) is 83.0 Å². The van der Waals surface area contributed by atoms with E-state index in [2.05, 4.69) is 4.98 Å². The quantitative estimate of drug-likeness (QED) is 0.849. The van der Waals surface area contributed by atoms with E-state index in [-0.39, 0.29) is 24.6 Å². The largest absolute Gasteiger partial charge is 0.461 e. The van der Waals surface area contributed by atoms with Gasteiger partial charge in [-0.25, -0.2) is 0 Å². The van der Waals surface area contributed by atoms with Gasteiger partial charge in [-0.3, -0.25) is 9.59 Å². The molecule has 5 nitrogen and oxygen atoms in total. The van der Waals surface area contributed by atoms with Crippen molar-refractivity contribution in [2.75, 3.05) is 0 Å². The van der Waals surface area contributed by atoms with Crippen molar-refractivity contribution in [3.05, 3.63) is 67.6 Å². The molecule has 5 heteroatoms. The lowest BCUT2D eigenvalue weighted by atomic mass is 9.99. The summed E-state index contributed by atoms with van der Waals surface area (Å²) in [7, 11) is 0. The molecule has 1 heterocycles. The molecule has 0 aliphatic carbocycles. The van der Waals surface area contributed by atoms with Gasteiger partial charge in [0.25, 0.3) is 5.56 Å². The summed E-state index contributed by atoms with van der Waals surface area (Å²) in [6.45, 7) is 7.74. The lowest BCUT2D eigenvalue weighted by Crippen LogP contribution is -2.17. The van der Waals surface area contributed by atoms with Crippen molar-refractivity contribution >= 4 is 5.97 Å². The van der Waals surface area contributed by atoms with E-state index in [1.807, 2.05) is 38.1 Å². The Kier molecular flexibility index (Phi) is 5.76. The van der Waals surface area contributed by atoms with Crippen LogP contribution in [0.5, 0.6) is 0 Å². The van der Waals surface area contributed by atoms with E-state index in [0.717, 1.165) is 22.3 Å². The van der Waals surface area contributed by atoms with E-state index >= 15 is 0 Å². The summed E-state index contributed by atoms with van der Waals surface area (Å²) >= 11 is 0. The smallest absolute Gasteiger partial charge is 0.306 e. The first-order valence-electron chi connectivity index (χ1n) is 8.17. The fourth-order valence-corrected chi connectivity index (χ4v) is 2.83. The number of hydrogen-bond donors (Lipinski definition) is 1. The van der Waals surface area contributed by atoms with Crippen molar-refractivity contribution in [3.63, 3.8) is 0 Å². The predicted octanol–water partition coefficient (Wildman–Crippen LogP) is 3.16.